The molecule has 0 aliphatic heterocycles. The van der Waals surface area contributed by atoms with Crippen molar-refractivity contribution < 1.29 is 14.7 Å². The lowest BCUT2D eigenvalue weighted by Gasteiger charge is -2.04. The minimum atomic E-state index is -0.458. The number of Topliss-reactive ketones (excluding diaryl/α,β-unsaturated/α-hetero) is 1. The van der Waals surface area contributed by atoms with Crippen LogP contribution < -0.4 is 5.43 Å². The highest BCUT2D eigenvalue weighted by atomic mass is 35.5. The molecule has 24 heavy (non-hydrogen) atoms. The van der Waals surface area contributed by atoms with Crippen molar-refractivity contribution in [3.63, 3.8) is 0 Å². The van der Waals surface area contributed by atoms with Gasteiger partial charge in [0.05, 0.1) is 11.3 Å². The van der Waals surface area contributed by atoms with E-state index < -0.39 is 5.91 Å². The number of benzene rings is 2. The Hall–Kier alpha value is -2.92. The third-order valence-electron chi connectivity index (χ3n) is 3.66. The zero-order chi connectivity index (χ0) is 17.3. The lowest BCUT2D eigenvalue weighted by atomic mass is 10.1. The number of amides is 1. The van der Waals surface area contributed by atoms with E-state index in [-0.39, 0.29) is 22.8 Å². The van der Waals surface area contributed by atoms with Gasteiger partial charge < -0.3 is 5.11 Å². The van der Waals surface area contributed by atoms with Crippen LogP contribution in [0.3, 0.4) is 0 Å². The number of rotatable bonds is 3. The van der Waals surface area contributed by atoms with Gasteiger partial charge in [-0.3, -0.25) is 9.59 Å². The molecule has 2 aromatic rings. The topological polar surface area (TPSA) is 78.8 Å². The second-order valence-corrected chi connectivity index (χ2v) is 5.68. The number of allylic oxidation sites excluding steroid dienone is 1. The number of carbonyl (C=O) groups excluding carboxylic acids is 2. The van der Waals surface area contributed by atoms with Gasteiger partial charge in [-0.2, -0.15) is 5.10 Å². The molecule has 0 atom stereocenters. The first-order valence-corrected chi connectivity index (χ1v) is 7.54. The monoisotopic (exact) mass is 340 g/mol. The predicted molar refractivity (Wildman–Crippen MR) is 92.3 cm³/mol. The van der Waals surface area contributed by atoms with Crippen molar-refractivity contribution in [2.75, 3.05) is 0 Å². The van der Waals surface area contributed by atoms with Gasteiger partial charge in [-0.15, -0.1) is 0 Å². The summed E-state index contributed by atoms with van der Waals surface area (Å²) in [6.07, 6.45) is 0. The minimum Gasteiger partial charge on any atom is -0.506 e. The Morgan fingerprint density at radius 3 is 2.50 bits per heavy atom. The number of nitrogens with zero attached hydrogens (tertiary/aromatic N) is 1. The van der Waals surface area contributed by atoms with Gasteiger partial charge in [-0.05, 0) is 25.1 Å². The molecular weight excluding hydrogens is 328 g/mol. The van der Waals surface area contributed by atoms with Crippen LogP contribution in [0.4, 0.5) is 0 Å². The van der Waals surface area contributed by atoms with E-state index in [1.54, 1.807) is 49.4 Å². The van der Waals surface area contributed by atoms with Gasteiger partial charge in [0.2, 0.25) is 0 Å². The van der Waals surface area contributed by atoms with E-state index in [9.17, 15) is 14.7 Å². The first kappa shape index (κ1) is 16.0. The molecule has 6 heteroatoms. The Morgan fingerprint density at radius 1 is 1.12 bits per heavy atom. The van der Waals surface area contributed by atoms with Crippen molar-refractivity contribution in [2.24, 2.45) is 5.10 Å². The zero-order valence-corrected chi connectivity index (χ0v) is 13.5. The molecule has 0 unspecified atom stereocenters. The van der Waals surface area contributed by atoms with Gasteiger partial charge in [0.15, 0.2) is 5.78 Å². The third kappa shape index (κ3) is 2.81. The molecule has 5 nitrogen and oxygen atoms in total. The molecule has 0 spiro atoms. The van der Waals surface area contributed by atoms with Crippen molar-refractivity contribution in [3.05, 3.63) is 75.8 Å². The minimum absolute atomic E-state index is 0.0857. The van der Waals surface area contributed by atoms with Gasteiger partial charge in [-0.1, -0.05) is 41.9 Å². The fourth-order valence-corrected chi connectivity index (χ4v) is 2.68. The Bertz CT molecular complexity index is 916. The summed E-state index contributed by atoms with van der Waals surface area (Å²) in [6.45, 7) is 1.55. The number of ketones is 1. The van der Waals surface area contributed by atoms with E-state index in [2.05, 4.69) is 10.5 Å². The van der Waals surface area contributed by atoms with Crippen molar-refractivity contribution >= 4 is 34.8 Å². The van der Waals surface area contributed by atoms with E-state index >= 15 is 0 Å². The summed E-state index contributed by atoms with van der Waals surface area (Å²) in [5.74, 6) is -0.907. The van der Waals surface area contributed by atoms with Crippen LogP contribution in [-0.4, -0.2) is 22.5 Å². The Kier molecular flexibility index (Phi) is 4.18. The zero-order valence-electron chi connectivity index (χ0n) is 12.7. The Morgan fingerprint density at radius 2 is 1.83 bits per heavy atom. The SMILES string of the molecule is CC(=NNC(=O)c1cccc(Cl)c1)C1=C(O)c2ccccc2C1=O. The lowest BCUT2D eigenvalue weighted by molar-refractivity contribution is 0.0953. The summed E-state index contributed by atoms with van der Waals surface area (Å²) in [4.78, 5) is 24.4. The van der Waals surface area contributed by atoms with Crippen LogP contribution in [0, 0.1) is 0 Å². The maximum atomic E-state index is 12.4. The Labute approximate surface area is 143 Å². The van der Waals surface area contributed by atoms with Crippen molar-refractivity contribution in [1.82, 2.24) is 5.43 Å². The summed E-state index contributed by atoms with van der Waals surface area (Å²) in [7, 11) is 0. The standard InChI is InChI=1S/C18H13ClN2O3/c1-10(20-21-18(24)11-5-4-6-12(19)9-11)15-16(22)13-7-2-3-8-14(13)17(15)23/h2-9,22H,1H3,(H,21,24). The third-order valence-corrected chi connectivity index (χ3v) is 3.90. The quantitative estimate of drug-likeness (QED) is 0.661. The highest BCUT2D eigenvalue weighted by Gasteiger charge is 2.31. The largest absolute Gasteiger partial charge is 0.506 e. The van der Waals surface area contributed by atoms with Gasteiger partial charge >= 0.3 is 0 Å². The maximum absolute atomic E-state index is 12.4. The number of hydrazone groups is 1. The molecule has 0 radical (unpaired) electrons. The molecule has 3 rings (SSSR count). The lowest BCUT2D eigenvalue weighted by Crippen LogP contribution is -2.20. The molecule has 0 fully saturated rings. The summed E-state index contributed by atoms with van der Waals surface area (Å²) in [5.41, 5.74) is 3.90. The molecule has 0 heterocycles. The summed E-state index contributed by atoms with van der Waals surface area (Å²) < 4.78 is 0. The fraction of sp³-hybridized carbons (Fsp3) is 0.0556. The smallest absolute Gasteiger partial charge is 0.271 e. The molecule has 0 saturated heterocycles. The van der Waals surface area contributed by atoms with E-state index in [0.29, 0.717) is 21.7 Å². The summed E-state index contributed by atoms with van der Waals surface area (Å²) in [5, 5.41) is 14.6. The number of nitrogens with one attached hydrogen (secondary N) is 1. The molecule has 0 aromatic heterocycles. The van der Waals surface area contributed by atoms with E-state index in [4.69, 9.17) is 11.6 Å². The van der Waals surface area contributed by atoms with Crippen LogP contribution in [0.15, 0.2) is 59.2 Å². The number of carbonyl (C=O) groups is 2. The van der Waals surface area contributed by atoms with Crippen LogP contribution in [0.25, 0.3) is 5.76 Å². The number of hydrogen-bond donors (Lipinski definition) is 2. The van der Waals surface area contributed by atoms with Gasteiger partial charge in [0, 0.05) is 21.7 Å². The maximum Gasteiger partial charge on any atom is 0.271 e. The number of fused-ring (bicyclic) bond motifs is 1. The Balaban J connectivity index is 1.84. The molecule has 0 bridgehead atoms. The molecule has 1 aliphatic rings. The van der Waals surface area contributed by atoms with Gasteiger partial charge in [-0.25, -0.2) is 5.43 Å². The van der Waals surface area contributed by atoms with Crippen LogP contribution in [0.2, 0.25) is 5.02 Å². The second-order valence-electron chi connectivity index (χ2n) is 5.25. The summed E-state index contributed by atoms with van der Waals surface area (Å²) >= 11 is 5.84. The molecule has 120 valence electrons. The van der Waals surface area contributed by atoms with Crippen LogP contribution in [0.5, 0.6) is 0 Å². The number of aliphatic hydroxyl groups excluding tert-OH is 1. The van der Waals surface area contributed by atoms with Crippen LogP contribution >= 0.6 is 11.6 Å². The van der Waals surface area contributed by atoms with E-state index in [0.717, 1.165) is 0 Å². The molecule has 2 aromatic carbocycles. The van der Waals surface area contributed by atoms with Crippen molar-refractivity contribution in [1.29, 1.82) is 0 Å². The van der Waals surface area contributed by atoms with E-state index in [1.807, 2.05) is 0 Å². The summed E-state index contributed by atoms with van der Waals surface area (Å²) in [6, 6.07) is 13.2. The average molecular weight is 341 g/mol. The predicted octanol–water partition coefficient (Wildman–Crippen LogP) is 3.61. The highest BCUT2D eigenvalue weighted by Crippen LogP contribution is 2.31. The van der Waals surface area contributed by atoms with Gasteiger partial charge in [0.25, 0.3) is 5.91 Å². The van der Waals surface area contributed by atoms with Crippen molar-refractivity contribution in [2.45, 2.75) is 6.92 Å². The molecule has 1 aliphatic carbocycles. The normalized spacial score (nSPS) is 13.9. The van der Waals surface area contributed by atoms with Gasteiger partial charge in [0.1, 0.15) is 5.76 Å². The highest BCUT2D eigenvalue weighted by molar-refractivity contribution is 6.35. The number of halogens is 1. The number of hydrogen-bond acceptors (Lipinski definition) is 4. The van der Waals surface area contributed by atoms with Crippen LogP contribution in [-0.2, 0) is 0 Å². The second kappa shape index (κ2) is 6.29. The first-order valence-electron chi connectivity index (χ1n) is 7.17. The fourth-order valence-electron chi connectivity index (χ4n) is 2.48. The molecule has 1 amide bonds. The molecular formula is C18H13ClN2O3. The van der Waals surface area contributed by atoms with E-state index in [1.165, 1.54) is 6.07 Å². The average Bonchev–Trinajstić information content (AvgIpc) is 2.84. The van der Waals surface area contributed by atoms with Crippen LogP contribution in [0.1, 0.15) is 33.2 Å². The van der Waals surface area contributed by atoms with Crippen molar-refractivity contribution in [3.8, 4) is 0 Å². The molecule has 0 saturated carbocycles. The number of aliphatic hydroxyl groups is 1. The molecule has 2 N–H and O–H groups in total. The first-order chi connectivity index (χ1) is 11.5.